The number of hydrogen-bond acceptors (Lipinski definition) is 3. The Morgan fingerprint density at radius 2 is 1.76 bits per heavy atom. The molecule has 0 heterocycles. The molecule has 2 rings (SSSR count). The summed E-state index contributed by atoms with van der Waals surface area (Å²) in [7, 11) is 1.65. The SMILES string of the molecule is COc1ccccc1CN(CCO)Cc1ccc(F)cc1. The van der Waals surface area contributed by atoms with Crippen LogP contribution in [-0.4, -0.2) is 30.3 Å². The van der Waals surface area contributed by atoms with Crippen LogP contribution in [-0.2, 0) is 13.1 Å². The largest absolute Gasteiger partial charge is 0.496 e. The van der Waals surface area contributed by atoms with Crippen LogP contribution in [0.25, 0.3) is 0 Å². The molecule has 1 N–H and O–H groups in total. The van der Waals surface area contributed by atoms with Crippen LogP contribution in [0.2, 0.25) is 0 Å². The summed E-state index contributed by atoms with van der Waals surface area (Å²) >= 11 is 0. The van der Waals surface area contributed by atoms with Gasteiger partial charge in [-0.05, 0) is 23.8 Å². The van der Waals surface area contributed by atoms with Gasteiger partial charge in [0.25, 0.3) is 0 Å². The Bertz CT molecular complexity index is 557. The first-order chi connectivity index (χ1) is 10.2. The fourth-order valence-electron chi connectivity index (χ4n) is 2.28. The molecule has 0 aromatic heterocycles. The molecule has 112 valence electrons. The van der Waals surface area contributed by atoms with Crippen molar-refractivity contribution in [1.29, 1.82) is 0 Å². The number of aliphatic hydroxyl groups excluding tert-OH is 1. The lowest BCUT2D eigenvalue weighted by Crippen LogP contribution is -2.26. The van der Waals surface area contributed by atoms with Crippen molar-refractivity contribution in [2.75, 3.05) is 20.3 Å². The third kappa shape index (κ3) is 4.55. The Morgan fingerprint density at radius 1 is 1.05 bits per heavy atom. The minimum absolute atomic E-state index is 0.0797. The lowest BCUT2D eigenvalue weighted by Gasteiger charge is -2.22. The van der Waals surface area contributed by atoms with Gasteiger partial charge in [0, 0.05) is 25.2 Å². The molecule has 0 aliphatic rings. The van der Waals surface area contributed by atoms with Gasteiger partial charge in [-0.2, -0.15) is 0 Å². The number of hydrogen-bond donors (Lipinski definition) is 1. The third-order valence-electron chi connectivity index (χ3n) is 3.32. The van der Waals surface area contributed by atoms with E-state index in [-0.39, 0.29) is 12.4 Å². The number of methoxy groups -OCH3 is 1. The third-order valence-corrected chi connectivity index (χ3v) is 3.32. The minimum Gasteiger partial charge on any atom is -0.496 e. The zero-order valence-corrected chi connectivity index (χ0v) is 12.1. The van der Waals surface area contributed by atoms with Crippen molar-refractivity contribution in [1.82, 2.24) is 4.90 Å². The van der Waals surface area contributed by atoms with E-state index < -0.39 is 0 Å². The van der Waals surface area contributed by atoms with Crippen LogP contribution in [0.15, 0.2) is 48.5 Å². The normalized spacial score (nSPS) is 10.9. The van der Waals surface area contributed by atoms with Crippen LogP contribution in [0.5, 0.6) is 5.75 Å². The molecule has 0 aliphatic carbocycles. The summed E-state index contributed by atoms with van der Waals surface area (Å²) in [4.78, 5) is 2.10. The second-order valence-electron chi connectivity index (χ2n) is 4.87. The molecule has 0 spiro atoms. The maximum absolute atomic E-state index is 12.9. The standard InChI is InChI=1S/C17H20FNO2/c1-21-17-5-3-2-4-15(17)13-19(10-11-20)12-14-6-8-16(18)9-7-14/h2-9,20H,10-13H2,1H3. The van der Waals surface area contributed by atoms with E-state index in [1.54, 1.807) is 19.2 Å². The summed E-state index contributed by atoms with van der Waals surface area (Å²) < 4.78 is 18.3. The van der Waals surface area contributed by atoms with Gasteiger partial charge in [0.05, 0.1) is 13.7 Å². The van der Waals surface area contributed by atoms with Crippen molar-refractivity contribution >= 4 is 0 Å². The van der Waals surface area contributed by atoms with Gasteiger partial charge in [-0.3, -0.25) is 4.90 Å². The van der Waals surface area contributed by atoms with E-state index in [4.69, 9.17) is 4.74 Å². The fourth-order valence-corrected chi connectivity index (χ4v) is 2.28. The number of aliphatic hydroxyl groups is 1. The first-order valence-corrected chi connectivity index (χ1v) is 6.92. The lowest BCUT2D eigenvalue weighted by molar-refractivity contribution is 0.183. The predicted molar refractivity (Wildman–Crippen MR) is 80.6 cm³/mol. The zero-order chi connectivity index (χ0) is 15.1. The van der Waals surface area contributed by atoms with E-state index in [1.807, 2.05) is 24.3 Å². The molecule has 0 atom stereocenters. The molecule has 0 saturated heterocycles. The number of rotatable bonds is 7. The summed E-state index contributed by atoms with van der Waals surface area (Å²) in [5.74, 6) is 0.594. The Balaban J connectivity index is 2.09. The second kappa shape index (κ2) is 7.76. The van der Waals surface area contributed by atoms with Crippen molar-refractivity contribution in [3.63, 3.8) is 0 Å². The van der Waals surface area contributed by atoms with E-state index >= 15 is 0 Å². The molecule has 2 aromatic carbocycles. The Kier molecular flexibility index (Phi) is 5.72. The molecule has 2 aromatic rings. The smallest absolute Gasteiger partial charge is 0.123 e. The zero-order valence-electron chi connectivity index (χ0n) is 12.1. The van der Waals surface area contributed by atoms with Crippen molar-refractivity contribution in [2.45, 2.75) is 13.1 Å². The fraction of sp³-hybridized carbons (Fsp3) is 0.294. The van der Waals surface area contributed by atoms with Crippen molar-refractivity contribution in [2.24, 2.45) is 0 Å². The molecule has 0 unspecified atom stereocenters. The number of nitrogens with zero attached hydrogens (tertiary/aromatic N) is 1. The van der Waals surface area contributed by atoms with E-state index in [0.717, 1.165) is 16.9 Å². The Labute approximate surface area is 124 Å². The highest BCUT2D eigenvalue weighted by molar-refractivity contribution is 5.33. The predicted octanol–water partition coefficient (Wildman–Crippen LogP) is 2.83. The van der Waals surface area contributed by atoms with Gasteiger partial charge in [-0.25, -0.2) is 4.39 Å². The average molecular weight is 289 g/mol. The highest BCUT2D eigenvalue weighted by Crippen LogP contribution is 2.20. The Morgan fingerprint density at radius 3 is 2.43 bits per heavy atom. The van der Waals surface area contributed by atoms with Gasteiger partial charge < -0.3 is 9.84 Å². The first-order valence-electron chi connectivity index (χ1n) is 6.92. The van der Waals surface area contributed by atoms with Gasteiger partial charge in [0.1, 0.15) is 11.6 Å². The van der Waals surface area contributed by atoms with Gasteiger partial charge in [-0.1, -0.05) is 30.3 Å². The van der Waals surface area contributed by atoms with Crippen LogP contribution in [0.1, 0.15) is 11.1 Å². The van der Waals surface area contributed by atoms with Crippen molar-refractivity contribution in [3.8, 4) is 5.75 Å². The minimum atomic E-state index is -0.239. The second-order valence-corrected chi connectivity index (χ2v) is 4.87. The molecule has 0 fully saturated rings. The van der Waals surface area contributed by atoms with E-state index in [2.05, 4.69) is 4.90 Å². The molecule has 4 heteroatoms. The van der Waals surface area contributed by atoms with Gasteiger partial charge in [-0.15, -0.1) is 0 Å². The molecule has 3 nitrogen and oxygen atoms in total. The van der Waals surface area contributed by atoms with E-state index in [1.165, 1.54) is 12.1 Å². The average Bonchev–Trinajstić information content (AvgIpc) is 2.50. The summed E-state index contributed by atoms with van der Waals surface area (Å²) in [6.07, 6.45) is 0. The van der Waals surface area contributed by atoms with E-state index in [9.17, 15) is 9.50 Å². The lowest BCUT2D eigenvalue weighted by atomic mass is 10.1. The highest BCUT2D eigenvalue weighted by atomic mass is 19.1. The topological polar surface area (TPSA) is 32.7 Å². The summed E-state index contributed by atoms with van der Waals surface area (Å²) in [5, 5.41) is 9.23. The van der Waals surface area contributed by atoms with Crippen LogP contribution >= 0.6 is 0 Å². The first kappa shape index (κ1) is 15.5. The van der Waals surface area contributed by atoms with Gasteiger partial charge in [0.15, 0.2) is 0 Å². The molecular weight excluding hydrogens is 269 g/mol. The molecule has 21 heavy (non-hydrogen) atoms. The monoisotopic (exact) mass is 289 g/mol. The Hall–Kier alpha value is -1.91. The quantitative estimate of drug-likeness (QED) is 0.851. The highest BCUT2D eigenvalue weighted by Gasteiger charge is 2.10. The number of benzene rings is 2. The van der Waals surface area contributed by atoms with Crippen LogP contribution < -0.4 is 4.74 Å². The summed E-state index contributed by atoms with van der Waals surface area (Å²) in [5.41, 5.74) is 2.08. The van der Waals surface area contributed by atoms with Crippen molar-refractivity contribution < 1.29 is 14.2 Å². The molecular formula is C17H20FNO2. The maximum Gasteiger partial charge on any atom is 0.123 e. The van der Waals surface area contributed by atoms with E-state index in [0.29, 0.717) is 19.6 Å². The van der Waals surface area contributed by atoms with Crippen LogP contribution in [0.4, 0.5) is 4.39 Å². The van der Waals surface area contributed by atoms with Crippen LogP contribution in [0, 0.1) is 5.82 Å². The molecule has 0 saturated carbocycles. The summed E-state index contributed by atoms with van der Waals surface area (Å²) in [6, 6.07) is 14.3. The number of para-hydroxylation sites is 1. The van der Waals surface area contributed by atoms with Gasteiger partial charge >= 0.3 is 0 Å². The molecule has 0 radical (unpaired) electrons. The van der Waals surface area contributed by atoms with Crippen molar-refractivity contribution in [3.05, 3.63) is 65.5 Å². The molecule has 0 amide bonds. The molecule has 0 aliphatic heterocycles. The number of halogens is 1. The van der Waals surface area contributed by atoms with Crippen LogP contribution in [0.3, 0.4) is 0 Å². The van der Waals surface area contributed by atoms with Gasteiger partial charge in [0.2, 0.25) is 0 Å². The molecule has 0 bridgehead atoms. The summed E-state index contributed by atoms with van der Waals surface area (Å²) in [6.45, 7) is 1.95. The number of ether oxygens (including phenoxy) is 1. The maximum atomic E-state index is 12.9.